The first kappa shape index (κ1) is 34.5. The highest BCUT2D eigenvalue weighted by atomic mass is 16.7. The monoisotopic (exact) mass is 595 g/mol. The quantitative estimate of drug-likeness (QED) is 0.0300. The molecule has 0 saturated carbocycles. The number of nitrogens with two attached hydrogens (primary N) is 3. The van der Waals surface area contributed by atoms with Crippen LogP contribution in [0.2, 0.25) is 0 Å². The second-order valence-electron chi connectivity index (χ2n) is 8.54. The summed E-state index contributed by atoms with van der Waals surface area (Å²) in [5.74, 6) is -6.18. The number of aliphatic imine (C=N–C) groups is 1. The van der Waals surface area contributed by atoms with Gasteiger partial charge in [0, 0.05) is 13.0 Å². The molecule has 230 valence electrons. The van der Waals surface area contributed by atoms with Crippen LogP contribution in [0.25, 0.3) is 0 Å². The molecule has 0 radical (unpaired) electrons. The third kappa shape index (κ3) is 13.5. The molecule has 0 heterocycles. The number of rotatable bonds is 18. The number of amides is 5. The third-order valence-electron chi connectivity index (χ3n) is 5.28. The summed E-state index contributed by atoms with van der Waals surface area (Å²) in [4.78, 5) is 87.6. The minimum absolute atomic E-state index is 0.0441. The zero-order chi connectivity index (χ0) is 31.7. The molecule has 1 aromatic carbocycles. The van der Waals surface area contributed by atoms with E-state index in [4.69, 9.17) is 21.9 Å². The molecule has 0 aromatic heterocycles. The summed E-state index contributed by atoms with van der Waals surface area (Å²) in [6.07, 6.45) is -2.38. The lowest BCUT2D eigenvalue weighted by Crippen LogP contribution is -2.57. The van der Waals surface area contributed by atoms with E-state index in [0.717, 1.165) is 0 Å². The van der Waals surface area contributed by atoms with Crippen LogP contribution < -0.4 is 33.2 Å². The zero-order valence-electron chi connectivity index (χ0n) is 22.4. The average Bonchev–Trinajstić information content (AvgIpc) is 2.93. The lowest BCUT2D eigenvalue weighted by atomic mass is 10.1. The average molecular weight is 596 g/mol. The van der Waals surface area contributed by atoms with Gasteiger partial charge in [-0.3, -0.25) is 24.2 Å². The summed E-state index contributed by atoms with van der Waals surface area (Å²) in [5, 5.41) is 26.3. The van der Waals surface area contributed by atoms with E-state index >= 15 is 0 Å². The van der Waals surface area contributed by atoms with Gasteiger partial charge in [0.15, 0.2) is 17.0 Å². The molecular formula is C23H33N9O10. The van der Waals surface area contributed by atoms with Crippen molar-refractivity contribution in [3.63, 3.8) is 0 Å². The van der Waals surface area contributed by atoms with E-state index in [1.165, 1.54) is 0 Å². The second kappa shape index (κ2) is 18.0. The Hall–Kier alpha value is -5.49. The van der Waals surface area contributed by atoms with E-state index in [0.29, 0.717) is 5.56 Å². The molecule has 1 aromatic rings. The number of hydrazine groups is 1. The number of carbonyl (C=O) groups is 6. The molecule has 10 N–H and O–H groups in total. The highest BCUT2D eigenvalue weighted by Gasteiger charge is 2.42. The second-order valence-corrected chi connectivity index (χ2v) is 8.54. The van der Waals surface area contributed by atoms with E-state index in [1.807, 2.05) is 0 Å². The van der Waals surface area contributed by atoms with Crippen molar-refractivity contribution in [1.82, 2.24) is 21.0 Å². The van der Waals surface area contributed by atoms with Crippen molar-refractivity contribution in [3.8, 4) is 0 Å². The Balaban J connectivity index is 2.77. The summed E-state index contributed by atoms with van der Waals surface area (Å²) < 4.78 is 4.94. The molecule has 19 nitrogen and oxygen atoms in total. The molecule has 0 aliphatic rings. The molecule has 0 spiro atoms. The highest BCUT2D eigenvalue weighted by Crippen LogP contribution is 2.13. The largest absolute Gasteiger partial charge is 0.480 e. The summed E-state index contributed by atoms with van der Waals surface area (Å²) in [7, 11) is 0. The van der Waals surface area contributed by atoms with Gasteiger partial charge in [-0.2, -0.15) is 0 Å². The Labute approximate surface area is 238 Å². The maximum absolute atomic E-state index is 13.0. The van der Waals surface area contributed by atoms with Crippen molar-refractivity contribution in [1.29, 1.82) is 0 Å². The number of alkyl carbamates (subject to hydrolysis) is 1. The number of guanidine groups is 1. The normalized spacial score (nSPS) is 11.6. The number of nitrogens with zero attached hydrogens (tertiary/aromatic N) is 3. The lowest BCUT2D eigenvalue weighted by Gasteiger charge is -2.24. The van der Waals surface area contributed by atoms with Crippen molar-refractivity contribution in [3.05, 3.63) is 46.0 Å². The van der Waals surface area contributed by atoms with Gasteiger partial charge in [-0.1, -0.05) is 30.3 Å². The van der Waals surface area contributed by atoms with Crippen LogP contribution in [-0.2, 0) is 35.3 Å². The van der Waals surface area contributed by atoms with Crippen LogP contribution >= 0.6 is 0 Å². The van der Waals surface area contributed by atoms with Crippen LogP contribution in [0.1, 0.15) is 31.2 Å². The molecule has 0 saturated heterocycles. The fourth-order valence-corrected chi connectivity index (χ4v) is 3.31. The van der Waals surface area contributed by atoms with Gasteiger partial charge in [-0.05, 0) is 29.8 Å². The fourth-order valence-electron chi connectivity index (χ4n) is 3.31. The van der Waals surface area contributed by atoms with E-state index in [9.17, 15) is 44.0 Å². The lowest BCUT2D eigenvalue weighted by molar-refractivity contribution is -0.640. The van der Waals surface area contributed by atoms with Gasteiger partial charge >= 0.3 is 18.0 Å². The topological polar surface area (TPSA) is 305 Å². The maximum Gasteiger partial charge on any atom is 0.407 e. The SMILES string of the molecule is NC(=O)CC[C@H](NC(=O)CNC(=O)CNC(=O)OCc1ccccc1)C(=O)N([C@@H](CCCN=C(N)N)C(=O)O)[N+](=O)[O-]. The van der Waals surface area contributed by atoms with Gasteiger partial charge in [0.1, 0.15) is 19.2 Å². The van der Waals surface area contributed by atoms with Crippen LogP contribution in [0.3, 0.4) is 0 Å². The number of aliphatic carboxylic acids is 1. The highest BCUT2D eigenvalue weighted by molar-refractivity contribution is 5.92. The minimum Gasteiger partial charge on any atom is -0.480 e. The Morgan fingerprint density at radius 2 is 1.64 bits per heavy atom. The first-order chi connectivity index (χ1) is 19.8. The van der Waals surface area contributed by atoms with Crippen molar-refractivity contribution < 1.29 is 43.6 Å². The molecule has 2 atom stereocenters. The Morgan fingerprint density at radius 1 is 1.00 bits per heavy atom. The molecule has 0 aliphatic carbocycles. The molecular weight excluding hydrogens is 562 g/mol. The zero-order valence-corrected chi connectivity index (χ0v) is 22.4. The molecule has 19 heteroatoms. The fraction of sp³-hybridized carbons (Fsp3) is 0.435. The molecule has 1 rings (SSSR count). The third-order valence-corrected chi connectivity index (χ3v) is 5.28. The number of hydrogen-bond acceptors (Lipinski definition) is 10. The van der Waals surface area contributed by atoms with Crippen molar-refractivity contribution >= 4 is 41.7 Å². The van der Waals surface area contributed by atoms with Gasteiger partial charge in [-0.25, -0.2) is 19.7 Å². The predicted octanol–water partition coefficient (Wildman–Crippen LogP) is -2.69. The molecule has 0 aliphatic heterocycles. The first-order valence-corrected chi connectivity index (χ1v) is 12.4. The van der Waals surface area contributed by atoms with Crippen LogP contribution in [-0.4, -0.2) is 88.5 Å². The van der Waals surface area contributed by atoms with Crippen LogP contribution in [0, 0.1) is 10.1 Å². The maximum atomic E-state index is 13.0. The summed E-state index contributed by atoms with van der Waals surface area (Å²) >= 11 is 0. The molecule has 0 bridgehead atoms. The smallest absolute Gasteiger partial charge is 0.407 e. The summed E-state index contributed by atoms with van der Waals surface area (Å²) in [5.41, 5.74) is 16.2. The molecule has 0 unspecified atom stereocenters. The summed E-state index contributed by atoms with van der Waals surface area (Å²) in [6, 6.07) is 5.00. The number of primary amides is 1. The first-order valence-electron chi connectivity index (χ1n) is 12.4. The van der Waals surface area contributed by atoms with Gasteiger partial charge in [0.2, 0.25) is 17.7 Å². The number of nitrogens with one attached hydrogen (secondary N) is 3. The van der Waals surface area contributed by atoms with E-state index in [1.54, 1.807) is 30.3 Å². The number of carboxylic acids is 1. The van der Waals surface area contributed by atoms with Crippen LogP contribution in [0.15, 0.2) is 35.3 Å². The van der Waals surface area contributed by atoms with Gasteiger partial charge in [-0.15, -0.1) is 0 Å². The standard InChI is InChI=1S/C23H33N9O10/c24-17(33)9-8-15(20(36)31(32(40)41)16(21(37)38)7-4-10-27-22(25)26)30-19(35)12-28-18(34)11-29-23(39)42-13-14-5-2-1-3-6-14/h1-3,5-6,15-16H,4,7-13H2,(H2,24,33)(H,28,34)(H,29,39)(H,30,35)(H,37,38)(H4,25,26,27)/t15-,16-/m0/s1. The number of hydrogen-bond donors (Lipinski definition) is 7. The van der Waals surface area contributed by atoms with Gasteiger partial charge in [0.25, 0.3) is 0 Å². The Morgan fingerprint density at radius 3 is 2.21 bits per heavy atom. The Kier molecular flexibility index (Phi) is 14.8. The van der Waals surface area contributed by atoms with E-state index < -0.39 is 85.2 Å². The molecule has 5 amide bonds. The van der Waals surface area contributed by atoms with E-state index in [2.05, 4.69) is 20.9 Å². The van der Waals surface area contributed by atoms with Crippen molar-refractivity contribution in [2.75, 3.05) is 19.6 Å². The molecule has 42 heavy (non-hydrogen) atoms. The number of nitro groups is 1. The van der Waals surface area contributed by atoms with Crippen LogP contribution in [0.4, 0.5) is 4.79 Å². The molecule has 0 fully saturated rings. The number of carbonyl (C=O) groups excluding carboxylic acids is 5. The Bertz CT molecular complexity index is 1160. The van der Waals surface area contributed by atoms with Gasteiger partial charge in [0.05, 0.1) is 6.54 Å². The predicted molar refractivity (Wildman–Crippen MR) is 143 cm³/mol. The van der Waals surface area contributed by atoms with Crippen molar-refractivity contribution in [2.45, 2.75) is 44.4 Å². The van der Waals surface area contributed by atoms with E-state index in [-0.39, 0.29) is 30.5 Å². The van der Waals surface area contributed by atoms with Gasteiger partial charge < -0.3 is 43.0 Å². The minimum atomic E-state index is -1.97. The number of ether oxygens (including phenoxy) is 1. The summed E-state index contributed by atoms with van der Waals surface area (Å²) in [6.45, 7) is -1.43. The van der Waals surface area contributed by atoms with Crippen molar-refractivity contribution in [2.24, 2.45) is 22.2 Å². The number of benzene rings is 1. The van der Waals surface area contributed by atoms with Crippen LogP contribution in [0.5, 0.6) is 0 Å². The number of carboxylic acid groups (broad SMARTS) is 1.